The minimum Gasteiger partial charge on any atom is -0.493 e. The van der Waals surface area contributed by atoms with Crippen molar-refractivity contribution in [1.29, 1.82) is 0 Å². The van der Waals surface area contributed by atoms with E-state index in [1.807, 2.05) is 87.0 Å². The predicted octanol–water partition coefficient (Wildman–Crippen LogP) is 7.35. The van der Waals surface area contributed by atoms with Crippen LogP contribution in [0.15, 0.2) is 58.8 Å². The monoisotopic (exact) mass is 581 g/mol. The third-order valence-corrected chi connectivity index (χ3v) is 9.32. The van der Waals surface area contributed by atoms with Crippen LogP contribution in [-0.4, -0.2) is 34.3 Å². The largest absolute Gasteiger partial charge is 0.493 e. The lowest BCUT2D eigenvalue weighted by Gasteiger charge is -2.13. The smallest absolute Gasteiger partial charge is 0.304 e. The normalized spacial score (nSPS) is 11.8. The minimum atomic E-state index is -4.39. The number of rotatable bonds is 8. The number of halogens is 1. The highest BCUT2D eigenvalue weighted by Crippen LogP contribution is 2.41. The Morgan fingerprint density at radius 1 is 1.05 bits per heavy atom. The number of ether oxygens (including phenoxy) is 1. The maximum Gasteiger partial charge on any atom is 0.304 e. The van der Waals surface area contributed by atoms with Crippen molar-refractivity contribution in [3.63, 3.8) is 0 Å². The molecule has 0 spiro atoms. The average molecular weight is 582 g/mol. The van der Waals surface area contributed by atoms with Gasteiger partial charge in [-0.15, -0.1) is 11.3 Å². The summed E-state index contributed by atoms with van der Waals surface area (Å²) in [6, 6.07) is 17.1. The summed E-state index contributed by atoms with van der Waals surface area (Å²) >= 11 is 7.37. The Hall–Kier alpha value is -3.24. The summed E-state index contributed by atoms with van der Waals surface area (Å²) < 4.78 is 42.0. The van der Waals surface area contributed by atoms with Crippen LogP contribution in [0.1, 0.15) is 35.7 Å². The first-order valence-corrected chi connectivity index (χ1v) is 15.2. The van der Waals surface area contributed by atoms with E-state index in [0.717, 1.165) is 55.3 Å². The third-order valence-electron chi connectivity index (χ3n) is 6.44. The second-order valence-corrected chi connectivity index (χ2v) is 12.5. The molecule has 7 nitrogen and oxygen atoms in total. The Morgan fingerprint density at radius 3 is 2.54 bits per heavy atom. The molecule has 2 aromatic carbocycles. The van der Waals surface area contributed by atoms with Crippen molar-refractivity contribution in [3.8, 4) is 28.1 Å². The SMILES string of the molecule is CCOc1cc(Cn2nc(-c3cccc(Cl)c3)c3c(C)nc(C)cc32)ccc1-c1cc(CC)sc1S(=O)(=O)O. The van der Waals surface area contributed by atoms with Crippen LogP contribution >= 0.6 is 22.9 Å². The maximum absolute atomic E-state index is 12.2. The summed E-state index contributed by atoms with van der Waals surface area (Å²) in [6.07, 6.45) is 0.657. The molecule has 0 aliphatic rings. The summed E-state index contributed by atoms with van der Waals surface area (Å²) in [5.41, 5.74) is 6.44. The summed E-state index contributed by atoms with van der Waals surface area (Å²) in [5.74, 6) is 0.543. The standard InChI is InChI=1S/C29H28ClN3O4S2/c1-5-22-15-24(29(38-22)39(34,35)36)23-11-10-19(13-26(23)37-6-2)16-33-25-12-17(3)31-18(4)27(25)28(32-33)20-8-7-9-21(30)14-20/h7-15H,5-6,16H2,1-4H3,(H,34,35,36). The van der Waals surface area contributed by atoms with E-state index in [2.05, 4.69) is 4.98 Å². The fraction of sp³-hybridized carbons (Fsp3) is 0.241. The molecule has 5 rings (SSSR count). The van der Waals surface area contributed by atoms with Crippen molar-refractivity contribution in [3.05, 3.63) is 81.4 Å². The van der Waals surface area contributed by atoms with Crippen molar-refractivity contribution in [1.82, 2.24) is 14.8 Å². The molecule has 0 unspecified atom stereocenters. The number of thiophene rings is 1. The molecule has 0 saturated carbocycles. The lowest BCUT2D eigenvalue weighted by atomic mass is 10.0. The number of fused-ring (bicyclic) bond motifs is 1. The van der Waals surface area contributed by atoms with E-state index >= 15 is 0 Å². The van der Waals surface area contributed by atoms with E-state index < -0.39 is 10.1 Å². The topological polar surface area (TPSA) is 94.3 Å². The van der Waals surface area contributed by atoms with Gasteiger partial charge < -0.3 is 4.74 Å². The van der Waals surface area contributed by atoms with Crippen molar-refractivity contribution in [2.24, 2.45) is 0 Å². The van der Waals surface area contributed by atoms with E-state index in [4.69, 9.17) is 21.4 Å². The first-order chi connectivity index (χ1) is 18.6. The molecule has 5 aromatic rings. The second kappa shape index (κ2) is 10.7. The highest BCUT2D eigenvalue weighted by Gasteiger charge is 2.24. The Kier molecular flexibility index (Phi) is 7.52. The molecule has 0 aliphatic heterocycles. The Morgan fingerprint density at radius 2 is 1.85 bits per heavy atom. The molecular weight excluding hydrogens is 554 g/mol. The number of hydrogen-bond acceptors (Lipinski definition) is 6. The van der Waals surface area contributed by atoms with E-state index in [1.54, 1.807) is 0 Å². The van der Waals surface area contributed by atoms with Crippen LogP contribution in [0.3, 0.4) is 0 Å². The molecule has 0 radical (unpaired) electrons. The summed E-state index contributed by atoms with van der Waals surface area (Å²) in [6.45, 7) is 8.62. The maximum atomic E-state index is 12.2. The van der Waals surface area contributed by atoms with Gasteiger partial charge in [0.15, 0.2) is 4.21 Å². The fourth-order valence-corrected chi connectivity index (χ4v) is 7.02. The number of pyridine rings is 1. The first-order valence-electron chi connectivity index (χ1n) is 12.6. The number of aryl methyl sites for hydroxylation is 3. The molecular formula is C29H28ClN3O4S2. The minimum absolute atomic E-state index is 0.0734. The van der Waals surface area contributed by atoms with Gasteiger partial charge in [0.05, 0.1) is 18.7 Å². The van der Waals surface area contributed by atoms with Crippen LogP contribution < -0.4 is 4.74 Å². The summed E-state index contributed by atoms with van der Waals surface area (Å²) in [4.78, 5) is 5.54. The predicted molar refractivity (Wildman–Crippen MR) is 157 cm³/mol. The first kappa shape index (κ1) is 27.3. The lowest BCUT2D eigenvalue weighted by molar-refractivity contribution is 0.341. The van der Waals surface area contributed by atoms with Gasteiger partial charge in [0, 0.05) is 43.4 Å². The molecule has 0 atom stereocenters. The number of benzene rings is 2. The fourth-order valence-electron chi connectivity index (χ4n) is 4.80. The molecule has 0 aliphatic carbocycles. The number of nitrogens with zero attached hydrogens (tertiary/aromatic N) is 3. The molecule has 0 bridgehead atoms. The molecule has 3 aromatic heterocycles. The van der Waals surface area contributed by atoms with Crippen LogP contribution in [0, 0.1) is 13.8 Å². The molecule has 0 saturated heterocycles. The van der Waals surface area contributed by atoms with Gasteiger partial charge in [-0.25, -0.2) is 0 Å². The highest BCUT2D eigenvalue weighted by atomic mass is 35.5. The van der Waals surface area contributed by atoms with Gasteiger partial charge in [0.2, 0.25) is 0 Å². The van der Waals surface area contributed by atoms with Crippen LogP contribution in [0.5, 0.6) is 5.75 Å². The zero-order valence-electron chi connectivity index (χ0n) is 22.0. The molecule has 3 heterocycles. The zero-order valence-corrected chi connectivity index (χ0v) is 24.4. The van der Waals surface area contributed by atoms with E-state index in [-0.39, 0.29) is 4.21 Å². The van der Waals surface area contributed by atoms with Crippen LogP contribution in [-0.2, 0) is 23.1 Å². The van der Waals surface area contributed by atoms with Crippen molar-refractivity contribution >= 4 is 44.0 Å². The molecule has 10 heteroatoms. The molecule has 202 valence electrons. The zero-order chi connectivity index (χ0) is 27.9. The van der Waals surface area contributed by atoms with Gasteiger partial charge in [0.1, 0.15) is 11.4 Å². The van der Waals surface area contributed by atoms with Crippen LogP contribution in [0.25, 0.3) is 33.3 Å². The lowest BCUT2D eigenvalue weighted by Crippen LogP contribution is -2.04. The van der Waals surface area contributed by atoms with Crippen molar-refractivity contribution in [2.45, 2.75) is 44.9 Å². The Labute approximate surface area is 236 Å². The molecule has 0 amide bonds. The Bertz CT molecular complexity index is 1810. The summed E-state index contributed by atoms with van der Waals surface area (Å²) in [7, 11) is -4.39. The Balaban J connectivity index is 1.63. The van der Waals surface area contributed by atoms with Crippen molar-refractivity contribution < 1.29 is 17.7 Å². The molecule has 0 fully saturated rings. The quantitative estimate of drug-likeness (QED) is 0.192. The highest BCUT2D eigenvalue weighted by molar-refractivity contribution is 7.88. The summed E-state index contributed by atoms with van der Waals surface area (Å²) in [5, 5.41) is 6.58. The van der Waals surface area contributed by atoms with Gasteiger partial charge in [-0.1, -0.05) is 42.8 Å². The third kappa shape index (κ3) is 5.45. The van der Waals surface area contributed by atoms with Crippen molar-refractivity contribution in [2.75, 3.05) is 6.61 Å². The van der Waals surface area contributed by atoms with Gasteiger partial charge >= 0.3 is 10.1 Å². The van der Waals surface area contributed by atoms with E-state index in [1.165, 1.54) is 0 Å². The number of hydrogen-bond donors (Lipinski definition) is 1. The van der Waals surface area contributed by atoms with E-state index in [9.17, 15) is 13.0 Å². The van der Waals surface area contributed by atoms with E-state index in [0.29, 0.717) is 41.5 Å². The molecule has 39 heavy (non-hydrogen) atoms. The molecule has 1 N–H and O–H groups in total. The van der Waals surface area contributed by atoms with Gasteiger partial charge in [-0.2, -0.15) is 13.5 Å². The second-order valence-electron chi connectivity index (χ2n) is 9.27. The van der Waals surface area contributed by atoms with Gasteiger partial charge in [-0.05, 0) is 63.1 Å². The number of aromatic nitrogens is 3. The van der Waals surface area contributed by atoms with Crippen LogP contribution in [0.2, 0.25) is 5.02 Å². The van der Waals surface area contributed by atoms with Gasteiger partial charge in [-0.3, -0.25) is 14.2 Å². The van der Waals surface area contributed by atoms with Crippen LogP contribution in [0.4, 0.5) is 0 Å². The average Bonchev–Trinajstić information content (AvgIpc) is 3.47. The van der Waals surface area contributed by atoms with Gasteiger partial charge in [0.25, 0.3) is 0 Å².